The van der Waals surface area contributed by atoms with Gasteiger partial charge in [-0.1, -0.05) is 18.2 Å². The van der Waals surface area contributed by atoms with Crippen molar-refractivity contribution in [2.75, 3.05) is 7.11 Å². The SMILES string of the molecule is COc1cc(CC(=O)Cc2ccc(F)cc2F)ccc1-c1ccncc1. The zero-order valence-electron chi connectivity index (χ0n) is 14.2. The number of pyridine rings is 1. The fraction of sp³-hybridized carbons (Fsp3) is 0.143. The number of carbonyl (C=O) groups excluding carboxylic acids is 1. The average Bonchev–Trinajstić information content (AvgIpc) is 2.64. The predicted octanol–water partition coefficient (Wildman–Crippen LogP) is 4.39. The summed E-state index contributed by atoms with van der Waals surface area (Å²) >= 11 is 0. The third-order valence-electron chi connectivity index (χ3n) is 4.06. The molecule has 0 saturated carbocycles. The minimum atomic E-state index is -0.705. The van der Waals surface area contributed by atoms with Crippen LogP contribution in [-0.2, 0) is 17.6 Å². The Morgan fingerprint density at radius 1 is 1.00 bits per heavy atom. The molecular weight excluding hydrogens is 336 g/mol. The summed E-state index contributed by atoms with van der Waals surface area (Å²) in [5.74, 6) is -0.872. The predicted molar refractivity (Wildman–Crippen MR) is 95.0 cm³/mol. The van der Waals surface area contributed by atoms with Crippen LogP contribution in [0.15, 0.2) is 60.9 Å². The highest BCUT2D eigenvalue weighted by atomic mass is 19.1. The lowest BCUT2D eigenvalue weighted by molar-refractivity contribution is -0.117. The molecule has 26 heavy (non-hydrogen) atoms. The average molecular weight is 353 g/mol. The molecule has 0 aliphatic carbocycles. The number of carbonyl (C=O) groups is 1. The number of Topliss-reactive ketones (excluding diaryl/α,β-unsaturated/α-hetero) is 1. The third kappa shape index (κ3) is 4.11. The minimum Gasteiger partial charge on any atom is -0.496 e. The number of rotatable bonds is 6. The maximum atomic E-state index is 13.7. The van der Waals surface area contributed by atoms with Crippen LogP contribution in [0.2, 0.25) is 0 Å². The van der Waals surface area contributed by atoms with Gasteiger partial charge < -0.3 is 4.74 Å². The fourth-order valence-electron chi connectivity index (χ4n) is 2.78. The van der Waals surface area contributed by atoms with Crippen molar-refractivity contribution in [2.24, 2.45) is 0 Å². The van der Waals surface area contributed by atoms with E-state index in [2.05, 4.69) is 4.98 Å². The molecule has 0 atom stereocenters. The van der Waals surface area contributed by atoms with Gasteiger partial charge in [-0.15, -0.1) is 0 Å². The van der Waals surface area contributed by atoms with Gasteiger partial charge in [0.15, 0.2) is 0 Å². The Balaban J connectivity index is 1.76. The Labute approximate surface area is 150 Å². The molecule has 0 amide bonds. The number of aromatic nitrogens is 1. The van der Waals surface area contributed by atoms with E-state index in [-0.39, 0.29) is 24.2 Å². The molecule has 5 heteroatoms. The molecular formula is C21H17F2NO2. The number of methoxy groups -OCH3 is 1. The summed E-state index contributed by atoms with van der Waals surface area (Å²) in [5, 5.41) is 0. The molecule has 3 nitrogen and oxygen atoms in total. The van der Waals surface area contributed by atoms with Crippen LogP contribution in [0.1, 0.15) is 11.1 Å². The second-order valence-corrected chi connectivity index (χ2v) is 5.90. The largest absolute Gasteiger partial charge is 0.496 e. The summed E-state index contributed by atoms with van der Waals surface area (Å²) < 4.78 is 32.1. The summed E-state index contributed by atoms with van der Waals surface area (Å²) in [5.41, 5.74) is 2.82. The molecule has 3 aromatic rings. The van der Waals surface area contributed by atoms with Gasteiger partial charge in [0.2, 0.25) is 0 Å². The van der Waals surface area contributed by atoms with Crippen LogP contribution >= 0.6 is 0 Å². The van der Waals surface area contributed by atoms with E-state index in [0.29, 0.717) is 5.75 Å². The molecule has 1 aromatic heterocycles. The standard InChI is InChI=1S/C21H17F2NO2/c1-26-21-11-14(2-5-19(21)15-6-8-24-9-7-15)10-18(25)12-16-3-4-17(22)13-20(16)23/h2-9,11,13H,10,12H2,1H3. The van der Waals surface area contributed by atoms with Gasteiger partial charge in [0.05, 0.1) is 7.11 Å². The van der Waals surface area contributed by atoms with E-state index in [1.165, 1.54) is 6.07 Å². The summed E-state index contributed by atoms with van der Waals surface area (Å²) in [4.78, 5) is 16.3. The topological polar surface area (TPSA) is 39.2 Å². The van der Waals surface area contributed by atoms with Gasteiger partial charge in [0.1, 0.15) is 23.2 Å². The highest BCUT2D eigenvalue weighted by Gasteiger charge is 2.12. The lowest BCUT2D eigenvalue weighted by atomic mass is 9.99. The molecule has 1 heterocycles. The van der Waals surface area contributed by atoms with Crippen molar-refractivity contribution in [3.05, 3.63) is 83.7 Å². The first-order valence-corrected chi connectivity index (χ1v) is 8.10. The van der Waals surface area contributed by atoms with E-state index in [1.54, 1.807) is 25.6 Å². The molecule has 0 N–H and O–H groups in total. The number of nitrogens with zero attached hydrogens (tertiary/aromatic N) is 1. The molecule has 0 spiro atoms. The maximum absolute atomic E-state index is 13.7. The van der Waals surface area contributed by atoms with Crippen molar-refractivity contribution >= 4 is 5.78 Å². The molecule has 0 aliphatic rings. The number of benzene rings is 2. The van der Waals surface area contributed by atoms with E-state index in [9.17, 15) is 13.6 Å². The molecule has 0 saturated heterocycles. The van der Waals surface area contributed by atoms with Crippen molar-refractivity contribution in [1.29, 1.82) is 0 Å². The Morgan fingerprint density at radius 3 is 2.46 bits per heavy atom. The smallest absolute Gasteiger partial charge is 0.141 e. The first kappa shape index (κ1) is 17.7. The molecule has 0 fully saturated rings. The van der Waals surface area contributed by atoms with Gasteiger partial charge in [0.25, 0.3) is 0 Å². The molecule has 2 aromatic carbocycles. The number of halogens is 2. The van der Waals surface area contributed by atoms with Crippen molar-refractivity contribution in [3.63, 3.8) is 0 Å². The van der Waals surface area contributed by atoms with Crippen molar-refractivity contribution < 1.29 is 18.3 Å². The molecule has 0 radical (unpaired) electrons. The van der Waals surface area contributed by atoms with Gasteiger partial charge >= 0.3 is 0 Å². The number of hydrogen-bond donors (Lipinski definition) is 0. The van der Waals surface area contributed by atoms with Gasteiger partial charge in [-0.3, -0.25) is 9.78 Å². The Bertz CT molecular complexity index is 927. The second-order valence-electron chi connectivity index (χ2n) is 5.90. The molecule has 132 valence electrons. The second kappa shape index (κ2) is 7.87. The normalized spacial score (nSPS) is 10.6. The van der Waals surface area contributed by atoms with Crippen LogP contribution in [0.4, 0.5) is 8.78 Å². The summed E-state index contributed by atoms with van der Waals surface area (Å²) in [6.45, 7) is 0. The van der Waals surface area contributed by atoms with Crippen molar-refractivity contribution in [3.8, 4) is 16.9 Å². The Morgan fingerprint density at radius 2 is 1.77 bits per heavy atom. The molecule has 0 unspecified atom stereocenters. The van der Waals surface area contributed by atoms with Crippen LogP contribution in [0.25, 0.3) is 11.1 Å². The summed E-state index contributed by atoms with van der Waals surface area (Å²) in [6, 6.07) is 12.5. The third-order valence-corrected chi connectivity index (χ3v) is 4.06. The quantitative estimate of drug-likeness (QED) is 0.660. The summed E-state index contributed by atoms with van der Waals surface area (Å²) in [7, 11) is 1.57. The van der Waals surface area contributed by atoms with Crippen molar-refractivity contribution in [1.82, 2.24) is 4.98 Å². The zero-order chi connectivity index (χ0) is 18.5. The van der Waals surface area contributed by atoms with Crippen molar-refractivity contribution in [2.45, 2.75) is 12.8 Å². The van der Waals surface area contributed by atoms with Crippen LogP contribution in [0.5, 0.6) is 5.75 Å². The van der Waals surface area contributed by atoms with Gasteiger partial charge in [-0.05, 0) is 41.0 Å². The fourth-order valence-corrected chi connectivity index (χ4v) is 2.78. The van der Waals surface area contributed by atoms with Crippen LogP contribution < -0.4 is 4.74 Å². The lowest BCUT2D eigenvalue weighted by Gasteiger charge is -2.11. The van der Waals surface area contributed by atoms with E-state index >= 15 is 0 Å². The van der Waals surface area contributed by atoms with Gasteiger partial charge in [-0.25, -0.2) is 8.78 Å². The van der Waals surface area contributed by atoms with E-state index < -0.39 is 11.6 Å². The molecule has 0 bridgehead atoms. The number of hydrogen-bond acceptors (Lipinski definition) is 3. The summed E-state index contributed by atoms with van der Waals surface area (Å²) in [6.07, 6.45) is 3.46. The lowest BCUT2D eigenvalue weighted by Crippen LogP contribution is -2.08. The van der Waals surface area contributed by atoms with Crippen LogP contribution in [0.3, 0.4) is 0 Å². The van der Waals surface area contributed by atoms with Crippen LogP contribution in [-0.4, -0.2) is 17.9 Å². The maximum Gasteiger partial charge on any atom is 0.141 e. The molecule has 3 rings (SSSR count). The zero-order valence-corrected chi connectivity index (χ0v) is 14.2. The molecule has 0 aliphatic heterocycles. The highest BCUT2D eigenvalue weighted by Crippen LogP contribution is 2.30. The monoisotopic (exact) mass is 353 g/mol. The highest BCUT2D eigenvalue weighted by molar-refractivity contribution is 5.83. The van der Waals surface area contributed by atoms with Gasteiger partial charge in [0, 0.05) is 36.9 Å². The first-order valence-electron chi connectivity index (χ1n) is 8.10. The Hall–Kier alpha value is -3.08. The first-order chi connectivity index (χ1) is 12.6. The minimum absolute atomic E-state index is 0.0828. The van der Waals surface area contributed by atoms with Gasteiger partial charge in [-0.2, -0.15) is 0 Å². The van der Waals surface area contributed by atoms with E-state index in [4.69, 9.17) is 4.74 Å². The van der Waals surface area contributed by atoms with Crippen LogP contribution in [0, 0.1) is 11.6 Å². The van der Waals surface area contributed by atoms with E-state index in [0.717, 1.165) is 28.8 Å². The van der Waals surface area contributed by atoms with E-state index in [1.807, 2.05) is 24.3 Å². The number of ketones is 1. The number of ether oxygens (including phenoxy) is 1. The Kier molecular flexibility index (Phi) is 5.37.